The molecule has 3 rings (SSSR count). The molecule has 4 heteroatoms. The SMILES string of the molecule is CCC1OCCC1CNc1nc2ccccc2cc1C#N. The number of fused-ring (bicyclic) bond motifs is 1. The van der Waals surface area contributed by atoms with E-state index >= 15 is 0 Å². The first kappa shape index (κ1) is 13.8. The van der Waals surface area contributed by atoms with Gasteiger partial charge in [0, 0.05) is 24.5 Å². The van der Waals surface area contributed by atoms with E-state index in [0.717, 1.165) is 36.9 Å². The van der Waals surface area contributed by atoms with Crippen LogP contribution in [0.3, 0.4) is 0 Å². The molecule has 2 atom stereocenters. The molecule has 0 bridgehead atoms. The van der Waals surface area contributed by atoms with Crippen molar-refractivity contribution in [3.05, 3.63) is 35.9 Å². The smallest absolute Gasteiger partial charge is 0.144 e. The number of nitriles is 1. The first-order valence-electron chi connectivity index (χ1n) is 7.47. The Balaban J connectivity index is 1.81. The van der Waals surface area contributed by atoms with Gasteiger partial charge in [-0.15, -0.1) is 0 Å². The van der Waals surface area contributed by atoms with E-state index in [2.05, 4.69) is 23.3 Å². The lowest BCUT2D eigenvalue weighted by Crippen LogP contribution is -2.23. The van der Waals surface area contributed by atoms with E-state index in [1.165, 1.54) is 0 Å². The van der Waals surface area contributed by atoms with Crippen molar-refractivity contribution >= 4 is 16.7 Å². The van der Waals surface area contributed by atoms with Gasteiger partial charge in [0.05, 0.1) is 17.2 Å². The van der Waals surface area contributed by atoms with Crippen molar-refractivity contribution in [2.45, 2.75) is 25.9 Å². The molecule has 1 saturated heterocycles. The minimum atomic E-state index is 0.323. The van der Waals surface area contributed by atoms with Crippen molar-refractivity contribution in [2.75, 3.05) is 18.5 Å². The van der Waals surface area contributed by atoms with Gasteiger partial charge in [-0.2, -0.15) is 5.26 Å². The molecule has 0 spiro atoms. The molecule has 108 valence electrons. The third-order valence-electron chi connectivity index (χ3n) is 4.12. The third kappa shape index (κ3) is 2.84. The van der Waals surface area contributed by atoms with Gasteiger partial charge in [-0.3, -0.25) is 0 Å². The number of benzene rings is 1. The molecule has 1 aromatic carbocycles. The van der Waals surface area contributed by atoms with Crippen LogP contribution >= 0.6 is 0 Å². The number of ether oxygens (including phenoxy) is 1. The molecule has 1 aromatic heterocycles. The highest BCUT2D eigenvalue weighted by Gasteiger charge is 2.26. The number of nitrogens with zero attached hydrogens (tertiary/aromatic N) is 2. The molecule has 2 unspecified atom stereocenters. The summed E-state index contributed by atoms with van der Waals surface area (Å²) >= 11 is 0. The predicted molar refractivity (Wildman–Crippen MR) is 83.1 cm³/mol. The Hall–Kier alpha value is -2.12. The minimum Gasteiger partial charge on any atom is -0.378 e. The van der Waals surface area contributed by atoms with Crippen LogP contribution < -0.4 is 5.32 Å². The third-order valence-corrected chi connectivity index (χ3v) is 4.12. The van der Waals surface area contributed by atoms with Crippen LogP contribution in [-0.2, 0) is 4.74 Å². The molecular formula is C17H19N3O. The fourth-order valence-electron chi connectivity index (χ4n) is 2.94. The number of rotatable bonds is 4. The number of para-hydroxylation sites is 1. The molecule has 0 amide bonds. The highest BCUT2D eigenvalue weighted by molar-refractivity contribution is 5.82. The van der Waals surface area contributed by atoms with E-state index in [1.807, 2.05) is 30.3 Å². The van der Waals surface area contributed by atoms with Gasteiger partial charge in [-0.1, -0.05) is 25.1 Å². The summed E-state index contributed by atoms with van der Waals surface area (Å²) in [7, 11) is 0. The highest BCUT2D eigenvalue weighted by atomic mass is 16.5. The van der Waals surface area contributed by atoms with Crippen molar-refractivity contribution in [1.29, 1.82) is 5.26 Å². The first-order valence-corrected chi connectivity index (χ1v) is 7.47. The van der Waals surface area contributed by atoms with Gasteiger partial charge in [0.1, 0.15) is 11.9 Å². The maximum Gasteiger partial charge on any atom is 0.144 e. The number of aromatic nitrogens is 1. The molecule has 0 aliphatic carbocycles. The fraction of sp³-hybridized carbons (Fsp3) is 0.412. The molecule has 0 saturated carbocycles. The van der Waals surface area contributed by atoms with Gasteiger partial charge < -0.3 is 10.1 Å². The van der Waals surface area contributed by atoms with Crippen LogP contribution in [0.1, 0.15) is 25.3 Å². The van der Waals surface area contributed by atoms with Gasteiger partial charge in [0.15, 0.2) is 0 Å². The minimum absolute atomic E-state index is 0.323. The van der Waals surface area contributed by atoms with Crippen LogP contribution in [0.5, 0.6) is 0 Å². The lowest BCUT2D eigenvalue weighted by atomic mass is 9.99. The van der Waals surface area contributed by atoms with Crippen LogP contribution in [-0.4, -0.2) is 24.2 Å². The molecule has 1 aliphatic heterocycles. The molecular weight excluding hydrogens is 262 g/mol. The molecule has 21 heavy (non-hydrogen) atoms. The van der Waals surface area contributed by atoms with Crippen molar-refractivity contribution in [2.24, 2.45) is 5.92 Å². The van der Waals surface area contributed by atoms with Gasteiger partial charge in [0.2, 0.25) is 0 Å². The number of hydrogen-bond donors (Lipinski definition) is 1. The first-order chi connectivity index (χ1) is 10.3. The number of hydrogen-bond acceptors (Lipinski definition) is 4. The topological polar surface area (TPSA) is 57.9 Å². The van der Waals surface area contributed by atoms with E-state index in [-0.39, 0.29) is 0 Å². The van der Waals surface area contributed by atoms with Crippen LogP contribution in [0.15, 0.2) is 30.3 Å². The van der Waals surface area contributed by atoms with Crippen molar-refractivity contribution in [3.8, 4) is 6.07 Å². The fourth-order valence-corrected chi connectivity index (χ4v) is 2.94. The molecule has 1 aliphatic rings. The Morgan fingerprint density at radius 3 is 3.10 bits per heavy atom. The Labute approximate surface area is 124 Å². The highest BCUT2D eigenvalue weighted by Crippen LogP contribution is 2.25. The van der Waals surface area contributed by atoms with Gasteiger partial charge in [-0.25, -0.2) is 4.98 Å². The van der Waals surface area contributed by atoms with Crippen LogP contribution in [0.4, 0.5) is 5.82 Å². The largest absolute Gasteiger partial charge is 0.378 e. The van der Waals surface area contributed by atoms with E-state index in [9.17, 15) is 5.26 Å². The van der Waals surface area contributed by atoms with Crippen LogP contribution in [0.2, 0.25) is 0 Å². The van der Waals surface area contributed by atoms with Gasteiger partial charge in [0.25, 0.3) is 0 Å². The quantitative estimate of drug-likeness (QED) is 0.934. The van der Waals surface area contributed by atoms with Gasteiger partial charge in [-0.05, 0) is 25.0 Å². The molecule has 2 aromatic rings. The molecule has 0 radical (unpaired) electrons. The number of nitrogens with one attached hydrogen (secondary N) is 1. The van der Waals surface area contributed by atoms with E-state index in [4.69, 9.17) is 4.74 Å². The zero-order valence-corrected chi connectivity index (χ0v) is 12.2. The summed E-state index contributed by atoms with van der Waals surface area (Å²) in [5.41, 5.74) is 1.51. The van der Waals surface area contributed by atoms with Crippen molar-refractivity contribution in [3.63, 3.8) is 0 Å². The standard InChI is InChI=1S/C17H19N3O/c1-2-16-13(7-8-21-16)11-19-17-14(10-18)9-12-5-3-4-6-15(12)20-17/h3-6,9,13,16H,2,7-8,11H2,1H3,(H,19,20). The molecule has 2 heterocycles. The lowest BCUT2D eigenvalue weighted by molar-refractivity contribution is 0.0900. The summed E-state index contributed by atoms with van der Waals surface area (Å²) in [5, 5.41) is 13.7. The van der Waals surface area contributed by atoms with E-state index in [0.29, 0.717) is 23.4 Å². The summed E-state index contributed by atoms with van der Waals surface area (Å²) in [6.07, 6.45) is 2.42. The Morgan fingerprint density at radius 1 is 1.43 bits per heavy atom. The summed E-state index contributed by atoms with van der Waals surface area (Å²) in [5.74, 6) is 1.17. The van der Waals surface area contributed by atoms with E-state index < -0.39 is 0 Å². The summed E-state index contributed by atoms with van der Waals surface area (Å²) in [6.45, 7) is 3.79. The zero-order valence-electron chi connectivity index (χ0n) is 12.2. The second kappa shape index (κ2) is 6.11. The maximum absolute atomic E-state index is 9.31. The maximum atomic E-state index is 9.31. The second-order valence-electron chi connectivity index (χ2n) is 5.44. The van der Waals surface area contributed by atoms with Crippen LogP contribution in [0, 0.1) is 17.2 Å². The summed E-state index contributed by atoms with van der Waals surface area (Å²) < 4.78 is 5.70. The Kier molecular flexibility index (Phi) is 4.03. The zero-order chi connectivity index (χ0) is 14.7. The van der Waals surface area contributed by atoms with Crippen molar-refractivity contribution in [1.82, 2.24) is 4.98 Å². The van der Waals surface area contributed by atoms with Crippen molar-refractivity contribution < 1.29 is 4.74 Å². The number of pyridine rings is 1. The summed E-state index contributed by atoms with van der Waals surface area (Å²) in [6, 6.07) is 12.0. The Morgan fingerprint density at radius 2 is 2.29 bits per heavy atom. The normalized spacial score (nSPS) is 21.3. The monoisotopic (exact) mass is 281 g/mol. The summed E-state index contributed by atoms with van der Waals surface area (Å²) in [4.78, 5) is 4.58. The second-order valence-corrected chi connectivity index (χ2v) is 5.44. The molecule has 4 nitrogen and oxygen atoms in total. The lowest BCUT2D eigenvalue weighted by Gasteiger charge is -2.18. The average molecular weight is 281 g/mol. The van der Waals surface area contributed by atoms with Gasteiger partial charge >= 0.3 is 0 Å². The van der Waals surface area contributed by atoms with E-state index in [1.54, 1.807) is 0 Å². The van der Waals surface area contributed by atoms with Crippen LogP contribution in [0.25, 0.3) is 10.9 Å². The number of anilines is 1. The molecule has 1 N–H and O–H groups in total. The average Bonchev–Trinajstić information content (AvgIpc) is 2.99. The predicted octanol–water partition coefficient (Wildman–Crippen LogP) is 3.33. The Bertz CT molecular complexity index is 677. The molecule has 1 fully saturated rings.